The number of halogens is 1. The van der Waals surface area contributed by atoms with Crippen molar-refractivity contribution in [3.8, 4) is 0 Å². The highest BCUT2D eigenvalue weighted by Gasteiger charge is 2.10. The van der Waals surface area contributed by atoms with E-state index in [-0.39, 0.29) is 0 Å². The molecular formula is C20H25ClNO4P. The highest BCUT2D eigenvalue weighted by atomic mass is 35.5. The van der Waals surface area contributed by atoms with Crippen molar-refractivity contribution >= 4 is 25.0 Å². The van der Waals surface area contributed by atoms with Gasteiger partial charge in [0.15, 0.2) is 0 Å². The second-order valence-corrected chi connectivity index (χ2v) is 7.88. The maximum atomic E-state index is 8.88. The molecule has 1 heterocycles. The summed E-state index contributed by atoms with van der Waals surface area (Å²) in [5.74, 6) is 0. The molecule has 0 atom stereocenters. The van der Waals surface area contributed by atoms with Crippen LogP contribution in [0.4, 0.5) is 0 Å². The molecule has 27 heavy (non-hydrogen) atoms. The van der Waals surface area contributed by atoms with E-state index < -0.39 is 7.82 Å². The third-order valence-electron chi connectivity index (χ3n) is 4.25. The molecule has 0 saturated carbocycles. The normalized spacial score (nSPS) is 15.3. The van der Waals surface area contributed by atoms with E-state index in [1.165, 1.54) is 42.6 Å². The van der Waals surface area contributed by atoms with E-state index in [0.29, 0.717) is 0 Å². The Balaban J connectivity index is 0.000000465. The summed E-state index contributed by atoms with van der Waals surface area (Å²) in [4.78, 5) is 24.1. The lowest BCUT2D eigenvalue weighted by atomic mass is 9.98. The van der Waals surface area contributed by atoms with Crippen LogP contribution in [0.2, 0.25) is 5.02 Å². The first-order valence-corrected chi connectivity index (χ1v) is 10.7. The Morgan fingerprint density at radius 1 is 1.00 bits per heavy atom. The Kier molecular flexibility index (Phi) is 8.71. The van der Waals surface area contributed by atoms with Crippen molar-refractivity contribution in [2.45, 2.75) is 19.3 Å². The lowest BCUT2D eigenvalue weighted by molar-refractivity contribution is 0.275. The first-order valence-electron chi connectivity index (χ1n) is 8.81. The number of phosphoric acid groups is 1. The van der Waals surface area contributed by atoms with Crippen LogP contribution < -0.4 is 0 Å². The molecule has 0 unspecified atom stereocenters. The average Bonchev–Trinajstić information content (AvgIpc) is 3.13. The van der Waals surface area contributed by atoms with Crippen molar-refractivity contribution in [1.29, 1.82) is 0 Å². The zero-order valence-electron chi connectivity index (χ0n) is 15.0. The van der Waals surface area contributed by atoms with Gasteiger partial charge in [0, 0.05) is 11.6 Å². The zero-order valence-corrected chi connectivity index (χ0v) is 16.7. The number of hydrogen-bond acceptors (Lipinski definition) is 2. The van der Waals surface area contributed by atoms with Gasteiger partial charge in [0.1, 0.15) is 0 Å². The van der Waals surface area contributed by atoms with Crippen LogP contribution in [0, 0.1) is 0 Å². The van der Waals surface area contributed by atoms with Crippen LogP contribution in [0.1, 0.15) is 24.0 Å². The standard InChI is InChI=1S/C20H22ClN.H3O4P/c21-20-10-8-17(9-11-20)16-19(18-6-2-1-3-7-18)12-15-22-13-4-5-14-22;1-5(2,3)4/h1-3,6-12H,4-5,13-16H2;(H3,1,2,3,4). The van der Waals surface area contributed by atoms with Crippen LogP contribution in [0.15, 0.2) is 60.7 Å². The monoisotopic (exact) mass is 409 g/mol. The van der Waals surface area contributed by atoms with Gasteiger partial charge in [0.05, 0.1) is 0 Å². The second kappa shape index (κ2) is 10.8. The molecule has 0 radical (unpaired) electrons. The molecule has 3 rings (SSSR count). The maximum Gasteiger partial charge on any atom is 0.466 e. The molecule has 2 aromatic rings. The van der Waals surface area contributed by atoms with Crippen molar-refractivity contribution in [2.24, 2.45) is 0 Å². The highest BCUT2D eigenvalue weighted by molar-refractivity contribution is 7.45. The minimum absolute atomic E-state index is 0.797. The van der Waals surface area contributed by atoms with Crippen molar-refractivity contribution < 1.29 is 19.2 Å². The topological polar surface area (TPSA) is 81.0 Å². The predicted molar refractivity (Wildman–Crippen MR) is 110 cm³/mol. The van der Waals surface area contributed by atoms with Gasteiger partial charge in [-0.15, -0.1) is 0 Å². The van der Waals surface area contributed by atoms with Crippen LogP contribution in [-0.2, 0) is 11.0 Å². The van der Waals surface area contributed by atoms with Crippen LogP contribution in [0.25, 0.3) is 5.57 Å². The van der Waals surface area contributed by atoms with E-state index in [1.807, 2.05) is 12.1 Å². The Hall–Kier alpha value is -1.46. The molecule has 0 bridgehead atoms. The van der Waals surface area contributed by atoms with Gasteiger partial charge in [-0.25, -0.2) is 4.57 Å². The molecule has 1 aliphatic rings. The van der Waals surface area contributed by atoms with Crippen LogP contribution in [-0.4, -0.2) is 39.2 Å². The summed E-state index contributed by atoms with van der Waals surface area (Å²) < 4.78 is 8.88. The first-order chi connectivity index (χ1) is 12.8. The van der Waals surface area contributed by atoms with Crippen molar-refractivity contribution in [2.75, 3.05) is 19.6 Å². The van der Waals surface area contributed by atoms with E-state index in [9.17, 15) is 0 Å². The zero-order chi connectivity index (χ0) is 19.7. The van der Waals surface area contributed by atoms with Crippen molar-refractivity contribution in [3.05, 3.63) is 76.8 Å². The SMILES string of the molecule is Clc1ccc(CC(=CCN2CCCC2)c2ccccc2)cc1.O=P(O)(O)O. The van der Waals surface area contributed by atoms with Crippen LogP contribution in [0.5, 0.6) is 0 Å². The molecule has 1 aliphatic heterocycles. The largest absolute Gasteiger partial charge is 0.466 e. The van der Waals surface area contributed by atoms with Crippen LogP contribution in [0.3, 0.4) is 0 Å². The minimum Gasteiger partial charge on any atom is -0.303 e. The quantitative estimate of drug-likeness (QED) is 0.647. The maximum absolute atomic E-state index is 8.88. The summed E-state index contributed by atoms with van der Waals surface area (Å²) in [6.45, 7) is 3.52. The molecule has 1 saturated heterocycles. The number of hydrogen-bond donors (Lipinski definition) is 3. The lowest BCUT2D eigenvalue weighted by Crippen LogP contribution is -2.19. The molecule has 5 nitrogen and oxygen atoms in total. The van der Waals surface area contributed by atoms with Gasteiger partial charge >= 0.3 is 7.82 Å². The molecule has 2 aromatic carbocycles. The second-order valence-electron chi connectivity index (χ2n) is 6.42. The van der Waals surface area contributed by atoms with Gasteiger partial charge in [-0.2, -0.15) is 0 Å². The Labute approximate surface area is 165 Å². The summed E-state index contributed by atoms with van der Waals surface area (Å²) in [7, 11) is -4.64. The molecular weight excluding hydrogens is 385 g/mol. The smallest absolute Gasteiger partial charge is 0.303 e. The molecule has 146 valence electrons. The predicted octanol–water partition coefficient (Wildman–Crippen LogP) is 4.13. The van der Waals surface area contributed by atoms with E-state index in [2.05, 4.69) is 53.4 Å². The van der Waals surface area contributed by atoms with Gasteiger partial charge in [0.2, 0.25) is 0 Å². The molecule has 0 spiro atoms. The first kappa shape index (κ1) is 21.8. The Morgan fingerprint density at radius 3 is 2.11 bits per heavy atom. The number of rotatable bonds is 5. The van der Waals surface area contributed by atoms with Crippen LogP contribution >= 0.6 is 19.4 Å². The summed E-state index contributed by atoms with van der Waals surface area (Å²) in [6, 6.07) is 18.9. The average molecular weight is 410 g/mol. The third kappa shape index (κ3) is 9.34. The van der Waals surface area contributed by atoms with Gasteiger partial charge in [-0.1, -0.05) is 60.1 Å². The number of allylic oxidation sites excluding steroid dienone is 1. The number of likely N-dealkylation sites (tertiary alicyclic amines) is 1. The molecule has 7 heteroatoms. The summed E-state index contributed by atoms with van der Waals surface area (Å²) in [6.07, 6.45) is 6.03. The summed E-state index contributed by atoms with van der Waals surface area (Å²) in [5.41, 5.74) is 4.02. The van der Waals surface area contributed by atoms with E-state index >= 15 is 0 Å². The highest BCUT2D eigenvalue weighted by Crippen LogP contribution is 2.26. The molecule has 0 amide bonds. The van der Waals surface area contributed by atoms with Gasteiger partial charge in [0.25, 0.3) is 0 Å². The minimum atomic E-state index is -4.64. The number of nitrogens with zero attached hydrogens (tertiary/aromatic N) is 1. The van der Waals surface area contributed by atoms with Gasteiger partial charge < -0.3 is 14.7 Å². The lowest BCUT2D eigenvalue weighted by Gasteiger charge is -2.14. The Morgan fingerprint density at radius 2 is 1.56 bits per heavy atom. The fraction of sp³-hybridized carbons (Fsp3) is 0.300. The Bertz CT molecular complexity index is 760. The third-order valence-corrected chi connectivity index (χ3v) is 4.50. The van der Waals surface area contributed by atoms with Crippen molar-refractivity contribution in [1.82, 2.24) is 4.90 Å². The fourth-order valence-corrected chi connectivity index (χ4v) is 3.10. The molecule has 0 aliphatic carbocycles. The molecule has 3 N–H and O–H groups in total. The van der Waals surface area contributed by atoms with Gasteiger partial charge in [-0.05, 0) is 61.2 Å². The number of benzene rings is 2. The molecule has 0 aromatic heterocycles. The van der Waals surface area contributed by atoms with E-state index in [1.54, 1.807) is 0 Å². The fourth-order valence-electron chi connectivity index (χ4n) is 2.97. The molecule has 1 fully saturated rings. The van der Waals surface area contributed by atoms with E-state index in [0.717, 1.165) is 18.0 Å². The van der Waals surface area contributed by atoms with Gasteiger partial charge in [-0.3, -0.25) is 4.90 Å². The van der Waals surface area contributed by atoms with Crippen molar-refractivity contribution in [3.63, 3.8) is 0 Å². The summed E-state index contributed by atoms with van der Waals surface area (Å²) >= 11 is 5.99. The van der Waals surface area contributed by atoms with E-state index in [4.69, 9.17) is 30.8 Å². The summed E-state index contributed by atoms with van der Waals surface area (Å²) in [5, 5.41) is 0.797.